The van der Waals surface area contributed by atoms with Crippen LogP contribution in [0.5, 0.6) is 0 Å². The zero-order valence-electron chi connectivity index (χ0n) is 22.1. The van der Waals surface area contributed by atoms with Gasteiger partial charge in [0, 0.05) is 58.7 Å². The maximum Gasteiger partial charge on any atom is 0.290 e. The van der Waals surface area contributed by atoms with Crippen LogP contribution in [-0.4, -0.2) is 92.1 Å². The lowest BCUT2D eigenvalue weighted by Crippen LogP contribution is -2.43. The molecule has 0 atom stereocenters. The van der Waals surface area contributed by atoms with Crippen molar-refractivity contribution in [1.82, 2.24) is 34.3 Å². The summed E-state index contributed by atoms with van der Waals surface area (Å²) in [5, 5.41) is 13.2. The Morgan fingerprint density at radius 3 is 2.41 bits per heavy atom. The Hall–Kier alpha value is -4.62. The number of aryl methyl sites for hydroxylation is 1. The molecule has 3 aromatic heterocycles. The van der Waals surface area contributed by atoms with Gasteiger partial charge in [0.2, 0.25) is 0 Å². The van der Waals surface area contributed by atoms with Crippen molar-refractivity contribution >= 4 is 40.7 Å². The normalized spacial score (nSPS) is 13.9. The molecule has 5 rings (SSSR count). The van der Waals surface area contributed by atoms with Crippen molar-refractivity contribution in [3.05, 3.63) is 54.2 Å². The summed E-state index contributed by atoms with van der Waals surface area (Å²) >= 11 is 0. The van der Waals surface area contributed by atoms with Gasteiger partial charge in [-0.15, -0.1) is 0 Å². The molecule has 13 nitrogen and oxygen atoms in total. The van der Waals surface area contributed by atoms with Gasteiger partial charge in [-0.05, 0) is 24.7 Å². The highest BCUT2D eigenvalue weighted by Crippen LogP contribution is 2.32. The number of nitrogens with one attached hydrogen (secondary N) is 2. The molecule has 0 aliphatic carbocycles. The van der Waals surface area contributed by atoms with E-state index in [1.54, 1.807) is 25.8 Å². The number of aromatic nitrogens is 5. The number of imidazole rings is 1. The number of nitrogens with two attached hydrogens (primary N) is 1. The highest BCUT2D eigenvalue weighted by atomic mass is 16.3. The Morgan fingerprint density at radius 1 is 1.08 bits per heavy atom. The Kier molecular flexibility index (Phi) is 8.63. The fourth-order valence-corrected chi connectivity index (χ4v) is 4.37. The van der Waals surface area contributed by atoms with Gasteiger partial charge >= 0.3 is 0 Å². The average Bonchev–Trinajstić information content (AvgIpc) is 3.32. The van der Waals surface area contributed by atoms with E-state index in [1.807, 2.05) is 23.7 Å². The molecule has 0 unspecified atom stereocenters. The van der Waals surface area contributed by atoms with E-state index in [9.17, 15) is 4.79 Å². The highest BCUT2D eigenvalue weighted by Gasteiger charge is 2.21. The van der Waals surface area contributed by atoms with Gasteiger partial charge in [-0.1, -0.05) is 12.1 Å². The minimum atomic E-state index is -0.679. The third kappa shape index (κ3) is 6.27. The summed E-state index contributed by atoms with van der Waals surface area (Å²) in [5.74, 6) is 0.0828. The van der Waals surface area contributed by atoms with Gasteiger partial charge < -0.3 is 30.9 Å². The Labute approximate surface area is 225 Å². The molecule has 1 fully saturated rings. The molecule has 4 heterocycles. The SMILES string of the molecule is CNc1nc(Nc2ccc(CN3CCN(C)CC3)cc2)c(C(N)=O)nc1-c1cncc2c1ncn2C.O=CO. The fraction of sp³-hybridized carbons (Fsp3) is 0.308. The number of piperazine rings is 1. The summed E-state index contributed by atoms with van der Waals surface area (Å²) in [6.07, 6.45) is 5.11. The van der Waals surface area contributed by atoms with Crippen molar-refractivity contribution in [3.8, 4) is 11.3 Å². The Morgan fingerprint density at radius 2 is 1.77 bits per heavy atom. The van der Waals surface area contributed by atoms with Gasteiger partial charge in [0.05, 0.1) is 23.6 Å². The lowest BCUT2D eigenvalue weighted by atomic mass is 10.1. The number of rotatable bonds is 7. The van der Waals surface area contributed by atoms with E-state index in [4.69, 9.17) is 15.6 Å². The summed E-state index contributed by atoms with van der Waals surface area (Å²) in [6.45, 7) is 4.96. The van der Waals surface area contributed by atoms with Crippen molar-refractivity contribution in [3.63, 3.8) is 0 Å². The molecule has 39 heavy (non-hydrogen) atoms. The molecular weight excluding hydrogens is 500 g/mol. The van der Waals surface area contributed by atoms with Crippen LogP contribution in [0.15, 0.2) is 43.0 Å². The molecule has 1 aliphatic rings. The monoisotopic (exact) mass is 532 g/mol. The number of hydrogen-bond acceptors (Lipinski definition) is 10. The molecule has 0 radical (unpaired) electrons. The van der Waals surface area contributed by atoms with Crippen LogP contribution in [0.1, 0.15) is 16.1 Å². The zero-order valence-corrected chi connectivity index (χ0v) is 22.1. The third-order valence-electron chi connectivity index (χ3n) is 6.48. The van der Waals surface area contributed by atoms with E-state index in [0.29, 0.717) is 22.6 Å². The maximum absolute atomic E-state index is 12.4. The van der Waals surface area contributed by atoms with Crippen LogP contribution in [0.3, 0.4) is 0 Å². The van der Waals surface area contributed by atoms with Crippen LogP contribution in [0.4, 0.5) is 17.3 Å². The summed E-state index contributed by atoms with van der Waals surface area (Å²) in [4.78, 5) is 43.6. The number of carbonyl (C=O) groups excluding carboxylic acids is 1. The third-order valence-corrected chi connectivity index (χ3v) is 6.48. The predicted octanol–water partition coefficient (Wildman–Crippen LogP) is 1.76. The van der Waals surface area contributed by atoms with E-state index >= 15 is 0 Å². The topological polar surface area (TPSA) is 167 Å². The van der Waals surface area contributed by atoms with Crippen molar-refractivity contribution < 1.29 is 14.7 Å². The van der Waals surface area contributed by atoms with Crippen molar-refractivity contribution in [1.29, 1.82) is 0 Å². The van der Waals surface area contributed by atoms with E-state index in [0.717, 1.165) is 43.9 Å². The lowest BCUT2D eigenvalue weighted by molar-refractivity contribution is -0.122. The second-order valence-electron chi connectivity index (χ2n) is 9.15. The first-order chi connectivity index (χ1) is 18.8. The van der Waals surface area contributed by atoms with Gasteiger partial charge in [0.15, 0.2) is 17.3 Å². The molecule has 5 N–H and O–H groups in total. The largest absolute Gasteiger partial charge is 0.483 e. The minimum absolute atomic E-state index is 0.0402. The number of carbonyl (C=O) groups is 2. The van der Waals surface area contributed by atoms with E-state index in [1.165, 1.54) is 5.56 Å². The van der Waals surface area contributed by atoms with Gasteiger partial charge in [0.25, 0.3) is 12.4 Å². The molecule has 13 heteroatoms. The van der Waals surface area contributed by atoms with Crippen molar-refractivity contribution in [2.24, 2.45) is 12.8 Å². The number of pyridine rings is 1. The molecule has 1 aliphatic heterocycles. The van der Waals surface area contributed by atoms with Crippen molar-refractivity contribution in [2.45, 2.75) is 6.54 Å². The number of anilines is 3. The van der Waals surface area contributed by atoms with E-state index in [-0.39, 0.29) is 18.0 Å². The number of fused-ring (bicyclic) bond motifs is 1. The summed E-state index contributed by atoms with van der Waals surface area (Å²) in [7, 11) is 5.80. The summed E-state index contributed by atoms with van der Waals surface area (Å²) in [6, 6.07) is 8.12. The number of carboxylic acid groups (broad SMARTS) is 1. The van der Waals surface area contributed by atoms with Crippen LogP contribution >= 0.6 is 0 Å². The molecule has 1 aromatic carbocycles. The van der Waals surface area contributed by atoms with Crippen LogP contribution in [0.25, 0.3) is 22.3 Å². The fourth-order valence-electron chi connectivity index (χ4n) is 4.37. The summed E-state index contributed by atoms with van der Waals surface area (Å²) in [5.41, 5.74) is 10.4. The second kappa shape index (κ2) is 12.3. The van der Waals surface area contributed by atoms with Crippen LogP contribution < -0.4 is 16.4 Å². The molecule has 0 spiro atoms. The molecule has 204 valence electrons. The summed E-state index contributed by atoms with van der Waals surface area (Å²) < 4.78 is 1.87. The number of benzene rings is 1. The van der Waals surface area contributed by atoms with Gasteiger partial charge in [-0.25, -0.2) is 15.0 Å². The minimum Gasteiger partial charge on any atom is -0.483 e. The van der Waals surface area contributed by atoms with E-state index in [2.05, 4.69) is 59.5 Å². The van der Waals surface area contributed by atoms with Crippen LogP contribution in [0.2, 0.25) is 0 Å². The molecular formula is C26H32N10O3. The molecule has 1 amide bonds. The van der Waals surface area contributed by atoms with Crippen LogP contribution in [0, 0.1) is 0 Å². The maximum atomic E-state index is 12.4. The van der Waals surface area contributed by atoms with Crippen molar-refractivity contribution in [2.75, 3.05) is 50.9 Å². The second-order valence-corrected chi connectivity index (χ2v) is 9.15. The molecule has 0 saturated carbocycles. The molecule has 0 bridgehead atoms. The zero-order chi connectivity index (χ0) is 27.9. The lowest BCUT2D eigenvalue weighted by Gasteiger charge is -2.32. The first-order valence-electron chi connectivity index (χ1n) is 12.3. The van der Waals surface area contributed by atoms with Gasteiger partial charge in [0.1, 0.15) is 11.2 Å². The van der Waals surface area contributed by atoms with Gasteiger partial charge in [-0.3, -0.25) is 19.5 Å². The first kappa shape index (κ1) is 27.4. The molecule has 4 aromatic rings. The first-order valence-corrected chi connectivity index (χ1v) is 12.3. The van der Waals surface area contributed by atoms with Crippen LogP contribution in [-0.2, 0) is 18.4 Å². The number of likely N-dealkylation sites (N-methyl/N-ethyl adjacent to an activating group) is 1. The number of primary amides is 1. The standard InChI is InChI=1S/C25H30N10O.CH2O2/c1-27-24-21(18-12-28-13-19-20(18)29-15-34(19)3)31-22(23(26)36)25(32-24)30-17-6-4-16(5-7-17)14-35-10-8-33(2)9-11-35;2-1-3/h4-7,12-13,15H,8-11,14H2,1-3H3,(H2,26,36)(H2,27,30,32);1H,(H,2,3). The highest BCUT2D eigenvalue weighted by molar-refractivity contribution is 5.99. The average molecular weight is 533 g/mol. The smallest absolute Gasteiger partial charge is 0.290 e. The molecule has 1 saturated heterocycles. The van der Waals surface area contributed by atoms with Gasteiger partial charge in [-0.2, -0.15) is 0 Å². The predicted molar refractivity (Wildman–Crippen MR) is 149 cm³/mol. The Balaban J connectivity index is 0.00000112. The number of nitrogens with zero attached hydrogens (tertiary/aromatic N) is 7. The quantitative estimate of drug-likeness (QED) is 0.256. The van der Waals surface area contributed by atoms with E-state index < -0.39 is 5.91 Å². The number of hydrogen-bond donors (Lipinski definition) is 4. The number of amides is 1. The Bertz CT molecular complexity index is 1450.